The van der Waals surface area contributed by atoms with Gasteiger partial charge in [0.25, 0.3) is 0 Å². The number of likely N-dealkylation sites (tertiary alicyclic amines) is 1. The number of nitrogens with one attached hydrogen (secondary N) is 2. The zero-order chi connectivity index (χ0) is 16.7. The molecule has 0 aliphatic carbocycles. The number of nitrogens with zero attached hydrogens (tertiary/aromatic N) is 1. The van der Waals surface area contributed by atoms with Gasteiger partial charge in [-0.15, -0.1) is 12.4 Å². The van der Waals surface area contributed by atoms with Gasteiger partial charge in [0.15, 0.2) is 0 Å². The van der Waals surface area contributed by atoms with Crippen molar-refractivity contribution in [1.82, 2.24) is 10.2 Å². The highest BCUT2D eigenvalue weighted by molar-refractivity contribution is 5.92. The molecular weight excluding hydrogens is 322 g/mol. The summed E-state index contributed by atoms with van der Waals surface area (Å²) in [6, 6.07) is 8.16. The van der Waals surface area contributed by atoms with Gasteiger partial charge in [-0.3, -0.25) is 9.69 Å². The van der Waals surface area contributed by atoms with Crippen LogP contribution in [-0.4, -0.2) is 44.0 Å². The van der Waals surface area contributed by atoms with E-state index in [1.54, 1.807) is 0 Å². The second kappa shape index (κ2) is 10.7. The van der Waals surface area contributed by atoms with Crippen LogP contribution in [0.1, 0.15) is 44.6 Å². The van der Waals surface area contributed by atoms with E-state index in [0.29, 0.717) is 12.5 Å². The first-order valence-electron chi connectivity index (χ1n) is 8.85. The van der Waals surface area contributed by atoms with Crippen molar-refractivity contribution in [2.24, 2.45) is 5.92 Å². The van der Waals surface area contributed by atoms with Crippen molar-refractivity contribution in [2.45, 2.75) is 39.0 Å². The van der Waals surface area contributed by atoms with E-state index in [1.165, 1.54) is 24.8 Å². The fourth-order valence-corrected chi connectivity index (χ4v) is 3.16. The minimum atomic E-state index is 0. The van der Waals surface area contributed by atoms with Crippen LogP contribution in [0.15, 0.2) is 24.3 Å². The number of benzene rings is 1. The SMILES string of the molecule is CNCCC1CCN(CC(=O)Nc2cccc(C(C)C)c2)CC1.Cl. The zero-order valence-electron chi connectivity index (χ0n) is 15.2. The van der Waals surface area contributed by atoms with Crippen molar-refractivity contribution in [2.75, 3.05) is 38.5 Å². The summed E-state index contributed by atoms with van der Waals surface area (Å²) in [6.45, 7) is 8.00. The highest BCUT2D eigenvalue weighted by Gasteiger charge is 2.20. The lowest BCUT2D eigenvalue weighted by atomic mass is 9.93. The zero-order valence-corrected chi connectivity index (χ0v) is 16.0. The van der Waals surface area contributed by atoms with Gasteiger partial charge in [-0.05, 0) is 75.5 Å². The van der Waals surface area contributed by atoms with E-state index in [0.717, 1.165) is 31.2 Å². The molecule has 0 atom stereocenters. The normalized spacial score (nSPS) is 16.0. The molecule has 0 bridgehead atoms. The van der Waals surface area contributed by atoms with Gasteiger partial charge in [0, 0.05) is 5.69 Å². The number of hydrogen-bond donors (Lipinski definition) is 2. The number of rotatable bonds is 7. The molecule has 1 aliphatic rings. The molecule has 2 N–H and O–H groups in total. The van der Waals surface area contributed by atoms with Crippen molar-refractivity contribution >= 4 is 24.0 Å². The van der Waals surface area contributed by atoms with Gasteiger partial charge >= 0.3 is 0 Å². The summed E-state index contributed by atoms with van der Waals surface area (Å²) in [5.41, 5.74) is 2.17. The van der Waals surface area contributed by atoms with Crippen molar-refractivity contribution < 1.29 is 4.79 Å². The Hall–Kier alpha value is -1.10. The molecule has 0 saturated carbocycles. The van der Waals surface area contributed by atoms with E-state index >= 15 is 0 Å². The smallest absolute Gasteiger partial charge is 0.238 e. The molecule has 1 amide bonds. The van der Waals surface area contributed by atoms with Gasteiger partial charge in [0.2, 0.25) is 5.91 Å². The van der Waals surface area contributed by atoms with Crippen LogP contribution in [0.25, 0.3) is 0 Å². The number of carbonyl (C=O) groups excluding carboxylic acids is 1. The summed E-state index contributed by atoms with van der Waals surface area (Å²) in [6.07, 6.45) is 3.66. The molecule has 0 spiro atoms. The Labute approximate surface area is 152 Å². The molecule has 4 nitrogen and oxygen atoms in total. The molecule has 136 valence electrons. The fourth-order valence-electron chi connectivity index (χ4n) is 3.16. The van der Waals surface area contributed by atoms with Crippen molar-refractivity contribution in [1.29, 1.82) is 0 Å². The van der Waals surface area contributed by atoms with Crippen molar-refractivity contribution in [3.8, 4) is 0 Å². The first kappa shape index (κ1) is 20.9. The van der Waals surface area contributed by atoms with Gasteiger partial charge in [-0.1, -0.05) is 26.0 Å². The molecule has 5 heteroatoms. The molecule has 0 aromatic heterocycles. The average Bonchev–Trinajstić information content (AvgIpc) is 2.54. The molecule has 24 heavy (non-hydrogen) atoms. The molecule has 0 unspecified atom stereocenters. The molecule has 1 aromatic carbocycles. The summed E-state index contributed by atoms with van der Waals surface area (Å²) in [5.74, 6) is 1.38. The quantitative estimate of drug-likeness (QED) is 0.788. The van der Waals surface area contributed by atoms with E-state index in [-0.39, 0.29) is 18.3 Å². The van der Waals surface area contributed by atoms with Crippen LogP contribution in [0.3, 0.4) is 0 Å². The third-order valence-corrected chi connectivity index (χ3v) is 4.71. The maximum absolute atomic E-state index is 12.3. The first-order valence-corrected chi connectivity index (χ1v) is 8.85. The summed E-state index contributed by atoms with van der Waals surface area (Å²) in [7, 11) is 2.01. The Kier molecular flexibility index (Phi) is 9.34. The Morgan fingerprint density at radius 2 is 2.00 bits per heavy atom. The van der Waals surface area contributed by atoms with Crippen LogP contribution in [-0.2, 0) is 4.79 Å². The molecule has 1 aliphatic heterocycles. The predicted molar refractivity (Wildman–Crippen MR) is 104 cm³/mol. The number of carbonyl (C=O) groups is 1. The lowest BCUT2D eigenvalue weighted by molar-refractivity contribution is -0.117. The van der Waals surface area contributed by atoms with Crippen LogP contribution < -0.4 is 10.6 Å². The maximum atomic E-state index is 12.3. The van der Waals surface area contributed by atoms with E-state index in [1.807, 2.05) is 19.2 Å². The van der Waals surface area contributed by atoms with E-state index < -0.39 is 0 Å². The van der Waals surface area contributed by atoms with E-state index in [4.69, 9.17) is 0 Å². The Morgan fingerprint density at radius 3 is 2.62 bits per heavy atom. The summed E-state index contributed by atoms with van der Waals surface area (Å²) < 4.78 is 0. The van der Waals surface area contributed by atoms with Crippen LogP contribution in [0.2, 0.25) is 0 Å². The number of amides is 1. The number of anilines is 1. The fraction of sp³-hybridized carbons (Fsp3) is 0.632. The summed E-state index contributed by atoms with van der Waals surface area (Å²) in [4.78, 5) is 14.5. The van der Waals surface area contributed by atoms with Crippen LogP contribution in [0, 0.1) is 5.92 Å². The van der Waals surface area contributed by atoms with Crippen molar-refractivity contribution in [3.05, 3.63) is 29.8 Å². The second-order valence-electron chi connectivity index (χ2n) is 6.94. The van der Waals surface area contributed by atoms with E-state index in [2.05, 4.69) is 41.5 Å². The minimum absolute atomic E-state index is 0. The van der Waals surface area contributed by atoms with Crippen LogP contribution >= 0.6 is 12.4 Å². The van der Waals surface area contributed by atoms with E-state index in [9.17, 15) is 4.79 Å². The lowest BCUT2D eigenvalue weighted by Crippen LogP contribution is -2.39. The van der Waals surface area contributed by atoms with Crippen LogP contribution in [0.4, 0.5) is 5.69 Å². The molecule has 2 rings (SSSR count). The lowest BCUT2D eigenvalue weighted by Gasteiger charge is -2.31. The molecular formula is C19H32ClN3O. The van der Waals surface area contributed by atoms with Crippen molar-refractivity contribution in [3.63, 3.8) is 0 Å². The maximum Gasteiger partial charge on any atom is 0.238 e. The highest BCUT2D eigenvalue weighted by Crippen LogP contribution is 2.21. The van der Waals surface area contributed by atoms with Gasteiger partial charge < -0.3 is 10.6 Å². The third kappa shape index (κ3) is 6.80. The molecule has 1 saturated heterocycles. The van der Waals surface area contributed by atoms with Gasteiger partial charge in [0.1, 0.15) is 0 Å². The molecule has 1 heterocycles. The van der Waals surface area contributed by atoms with Gasteiger partial charge in [0.05, 0.1) is 6.54 Å². The third-order valence-electron chi connectivity index (χ3n) is 4.71. The largest absolute Gasteiger partial charge is 0.325 e. The monoisotopic (exact) mass is 353 g/mol. The standard InChI is InChI=1S/C19H31N3O.ClH/c1-15(2)17-5-4-6-18(13-17)21-19(23)14-22-11-8-16(9-12-22)7-10-20-3;/h4-6,13,15-16,20H,7-12,14H2,1-3H3,(H,21,23);1H. The molecule has 0 radical (unpaired) electrons. The summed E-state index contributed by atoms with van der Waals surface area (Å²) >= 11 is 0. The number of piperidine rings is 1. The van der Waals surface area contributed by atoms with Gasteiger partial charge in [-0.25, -0.2) is 0 Å². The Morgan fingerprint density at radius 1 is 1.29 bits per heavy atom. The summed E-state index contributed by atoms with van der Waals surface area (Å²) in [5, 5.41) is 6.26. The number of halogens is 1. The van der Waals surface area contributed by atoms with Crippen LogP contribution in [0.5, 0.6) is 0 Å². The predicted octanol–water partition coefficient (Wildman–Crippen LogP) is 3.49. The van der Waals surface area contributed by atoms with Gasteiger partial charge in [-0.2, -0.15) is 0 Å². The topological polar surface area (TPSA) is 44.4 Å². The molecule has 1 fully saturated rings. The molecule has 1 aromatic rings. The minimum Gasteiger partial charge on any atom is -0.325 e. The Bertz CT molecular complexity index is 499. The second-order valence-corrected chi connectivity index (χ2v) is 6.94. The average molecular weight is 354 g/mol. The highest BCUT2D eigenvalue weighted by atomic mass is 35.5. The Balaban J connectivity index is 0.00000288. The number of hydrogen-bond acceptors (Lipinski definition) is 3. The first-order chi connectivity index (χ1) is 11.1.